The van der Waals surface area contributed by atoms with Crippen LogP contribution in [0.4, 0.5) is 0 Å². The Morgan fingerprint density at radius 1 is 1.67 bits per heavy atom. The standard InChI is InChI=1S/C9H14O3/c1-4-6(2)9(10)12-8-5-11-7(8)3/h4,7-8H,5H2,1-3H3. The van der Waals surface area contributed by atoms with Crippen molar-refractivity contribution in [2.75, 3.05) is 6.61 Å². The Balaban J connectivity index is 2.36. The highest BCUT2D eigenvalue weighted by atomic mass is 16.6. The molecule has 1 aliphatic rings. The number of allylic oxidation sites excluding steroid dienone is 1. The Morgan fingerprint density at radius 2 is 2.33 bits per heavy atom. The van der Waals surface area contributed by atoms with Crippen LogP contribution in [-0.2, 0) is 14.3 Å². The Bertz CT molecular complexity index is 208. The molecule has 0 amide bonds. The summed E-state index contributed by atoms with van der Waals surface area (Å²) in [5.74, 6) is -0.238. The van der Waals surface area contributed by atoms with E-state index < -0.39 is 0 Å². The minimum Gasteiger partial charge on any atom is -0.454 e. The fourth-order valence-corrected chi connectivity index (χ4v) is 0.845. The quantitative estimate of drug-likeness (QED) is 0.462. The predicted molar refractivity (Wildman–Crippen MR) is 44.7 cm³/mol. The van der Waals surface area contributed by atoms with E-state index in [9.17, 15) is 4.79 Å². The van der Waals surface area contributed by atoms with E-state index in [-0.39, 0.29) is 18.2 Å². The monoisotopic (exact) mass is 170 g/mol. The van der Waals surface area contributed by atoms with Crippen molar-refractivity contribution in [1.82, 2.24) is 0 Å². The Kier molecular flexibility index (Phi) is 2.87. The van der Waals surface area contributed by atoms with Crippen molar-refractivity contribution in [1.29, 1.82) is 0 Å². The molecule has 12 heavy (non-hydrogen) atoms. The first-order valence-corrected chi connectivity index (χ1v) is 4.10. The zero-order valence-corrected chi connectivity index (χ0v) is 7.66. The van der Waals surface area contributed by atoms with E-state index in [4.69, 9.17) is 9.47 Å². The van der Waals surface area contributed by atoms with Crippen LogP contribution < -0.4 is 0 Å². The molecule has 0 saturated carbocycles. The van der Waals surface area contributed by atoms with Crippen molar-refractivity contribution in [2.24, 2.45) is 0 Å². The summed E-state index contributed by atoms with van der Waals surface area (Å²) in [7, 11) is 0. The second-order valence-corrected chi connectivity index (χ2v) is 2.95. The molecule has 0 aliphatic carbocycles. The lowest BCUT2D eigenvalue weighted by Crippen LogP contribution is -2.45. The van der Waals surface area contributed by atoms with Crippen LogP contribution in [0.2, 0.25) is 0 Å². The largest absolute Gasteiger partial charge is 0.454 e. The number of rotatable bonds is 2. The van der Waals surface area contributed by atoms with Gasteiger partial charge in [-0.3, -0.25) is 0 Å². The number of hydrogen-bond donors (Lipinski definition) is 0. The van der Waals surface area contributed by atoms with E-state index in [2.05, 4.69) is 0 Å². The number of carbonyl (C=O) groups excluding carboxylic acids is 1. The zero-order valence-electron chi connectivity index (χ0n) is 7.66. The van der Waals surface area contributed by atoms with Crippen LogP contribution in [-0.4, -0.2) is 24.8 Å². The molecule has 0 aromatic rings. The van der Waals surface area contributed by atoms with Gasteiger partial charge in [-0.05, 0) is 20.8 Å². The first-order valence-electron chi connectivity index (χ1n) is 4.10. The zero-order chi connectivity index (χ0) is 9.14. The Morgan fingerprint density at radius 3 is 2.67 bits per heavy atom. The van der Waals surface area contributed by atoms with Gasteiger partial charge in [-0.1, -0.05) is 6.08 Å². The molecular formula is C9H14O3. The molecule has 1 saturated heterocycles. The molecule has 2 unspecified atom stereocenters. The molecule has 1 rings (SSSR count). The number of hydrogen-bond acceptors (Lipinski definition) is 3. The lowest BCUT2D eigenvalue weighted by atomic mass is 10.1. The average Bonchev–Trinajstić information content (AvgIpc) is 2.09. The number of carbonyl (C=O) groups is 1. The van der Waals surface area contributed by atoms with E-state index in [1.807, 2.05) is 13.8 Å². The molecule has 0 N–H and O–H groups in total. The lowest BCUT2D eigenvalue weighted by Gasteiger charge is -2.33. The van der Waals surface area contributed by atoms with Gasteiger partial charge in [-0.2, -0.15) is 0 Å². The minimum atomic E-state index is -0.238. The van der Waals surface area contributed by atoms with E-state index in [1.54, 1.807) is 13.0 Å². The molecule has 0 aromatic heterocycles. The topological polar surface area (TPSA) is 35.5 Å². The van der Waals surface area contributed by atoms with Gasteiger partial charge in [-0.25, -0.2) is 4.79 Å². The van der Waals surface area contributed by atoms with Crippen LogP contribution in [0.1, 0.15) is 20.8 Å². The summed E-state index contributed by atoms with van der Waals surface area (Å²) in [5, 5.41) is 0. The highest BCUT2D eigenvalue weighted by Gasteiger charge is 2.31. The van der Waals surface area contributed by atoms with Crippen LogP contribution >= 0.6 is 0 Å². The molecular weight excluding hydrogens is 156 g/mol. The van der Waals surface area contributed by atoms with Crippen molar-refractivity contribution in [2.45, 2.75) is 33.0 Å². The summed E-state index contributed by atoms with van der Waals surface area (Å²) in [6.07, 6.45) is 1.75. The third-order valence-corrected chi connectivity index (χ3v) is 2.06. The smallest absolute Gasteiger partial charge is 0.333 e. The summed E-state index contributed by atoms with van der Waals surface area (Å²) < 4.78 is 10.2. The molecule has 0 aromatic carbocycles. The summed E-state index contributed by atoms with van der Waals surface area (Å²) in [4.78, 5) is 11.2. The number of esters is 1. The second-order valence-electron chi connectivity index (χ2n) is 2.95. The molecule has 3 nitrogen and oxygen atoms in total. The fraction of sp³-hybridized carbons (Fsp3) is 0.667. The third kappa shape index (κ3) is 1.85. The van der Waals surface area contributed by atoms with E-state index in [1.165, 1.54) is 0 Å². The van der Waals surface area contributed by atoms with Gasteiger partial charge in [0.05, 0.1) is 12.7 Å². The molecule has 0 radical (unpaired) electrons. The van der Waals surface area contributed by atoms with Gasteiger partial charge in [-0.15, -0.1) is 0 Å². The summed E-state index contributed by atoms with van der Waals surface area (Å²) in [6, 6.07) is 0. The van der Waals surface area contributed by atoms with Crippen molar-refractivity contribution in [3.05, 3.63) is 11.6 Å². The van der Waals surface area contributed by atoms with E-state index >= 15 is 0 Å². The molecule has 2 atom stereocenters. The van der Waals surface area contributed by atoms with Crippen LogP contribution in [0.15, 0.2) is 11.6 Å². The predicted octanol–water partition coefficient (Wildman–Crippen LogP) is 1.28. The SMILES string of the molecule is CC=C(C)C(=O)OC1COC1C. The van der Waals surface area contributed by atoms with Crippen molar-refractivity contribution >= 4 is 5.97 Å². The van der Waals surface area contributed by atoms with Gasteiger partial charge in [0.15, 0.2) is 6.10 Å². The van der Waals surface area contributed by atoms with Crippen LogP contribution in [0.3, 0.4) is 0 Å². The highest BCUT2D eigenvalue weighted by Crippen LogP contribution is 2.16. The molecule has 1 heterocycles. The number of ether oxygens (including phenoxy) is 2. The summed E-state index contributed by atoms with van der Waals surface area (Å²) >= 11 is 0. The first-order chi connectivity index (χ1) is 5.65. The van der Waals surface area contributed by atoms with E-state index in [0.29, 0.717) is 12.2 Å². The third-order valence-electron chi connectivity index (χ3n) is 2.06. The average molecular weight is 170 g/mol. The Hall–Kier alpha value is -0.830. The molecule has 68 valence electrons. The summed E-state index contributed by atoms with van der Waals surface area (Å²) in [6.45, 7) is 5.99. The maximum atomic E-state index is 11.2. The van der Waals surface area contributed by atoms with Crippen molar-refractivity contribution < 1.29 is 14.3 Å². The molecule has 3 heteroatoms. The van der Waals surface area contributed by atoms with Gasteiger partial charge < -0.3 is 9.47 Å². The molecule has 1 aliphatic heterocycles. The summed E-state index contributed by atoms with van der Waals surface area (Å²) in [5.41, 5.74) is 0.647. The molecule has 0 spiro atoms. The van der Waals surface area contributed by atoms with Crippen molar-refractivity contribution in [3.8, 4) is 0 Å². The molecule has 0 bridgehead atoms. The van der Waals surface area contributed by atoms with Gasteiger partial charge in [0, 0.05) is 5.57 Å². The fourth-order valence-electron chi connectivity index (χ4n) is 0.845. The van der Waals surface area contributed by atoms with Crippen molar-refractivity contribution in [3.63, 3.8) is 0 Å². The van der Waals surface area contributed by atoms with Gasteiger partial charge in [0.25, 0.3) is 0 Å². The maximum absolute atomic E-state index is 11.2. The normalized spacial score (nSPS) is 29.4. The maximum Gasteiger partial charge on any atom is 0.333 e. The van der Waals surface area contributed by atoms with Gasteiger partial charge in [0.2, 0.25) is 0 Å². The van der Waals surface area contributed by atoms with Gasteiger partial charge in [0.1, 0.15) is 0 Å². The first kappa shape index (κ1) is 9.26. The molecule has 1 fully saturated rings. The van der Waals surface area contributed by atoms with Crippen LogP contribution in [0.25, 0.3) is 0 Å². The van der Waals surface area contributed by atoms with E-state index in [0.717, 1.165) is 0 Å². The lowest BCUT2D eigenvalue weighted by molar-refractivity contribution is -0.189. The minimum absolute atomic E-state index is 0.0487. The second kappa shape index (κ2) is 3.72. The highest BCUT2D eigenvalue weighted by molar-refractivity contribution is 5.87. The Labute approximate surface area is 72.4 Å². The van der Waals surface area contributed by atoms with Crippen LogP contribution in [0.5, 0.6) is 0 Å². The van der Waals surface area contributed by atoms with Crippen LogP contribution in [0, 0.1) is 0 Å². The van der Waals surface area contributed by atoms with Gasteiger partial charge >= 0.3 is 5.97 Å².